The molecule has 5 rings (SSSR count). The normalized spacial score (nSPS) is 14.7. The third-order valence-corrected chi connectivity index (χ3v) is 5.53. The Morgan fingerprint density at radius 1 is 0.933 bits per heavy atom. The zero-order valence-electron chi connectivity index (χ0n) is 16.3. The minimum Gasteiger partial charge on any atom is -0.355 e. The van der Waals surface area contributed by atoms with E-state index >= 15 is 0 Å². The number of rotatable bonds is 4. The van der Waals surface area contributed by atoms with Gasteiger partial charge in [0.15, 0.2) is 11.6 Å². The van der Waals surface area contributed by atoms with E-state index < -0.39 is 0 Å². The van der Waals surface area contributed by atoms with Gasteiger partial charge in [0.1, 0.15) is 12.7 Å². The van der Waals surface area contributed by atoms with E-state index in [1.54, 1.807) is 11.0 Å². The summed E-state index contributed by atoms with van der Waals surface area (Å²) < 4.78 is 1.57. The summed E-state index contributed by atoms with van der Waals surface area (Å²) in [6.07, 6.45) is 4.61. The lowest BCUT2D eigenvalue weighted by atomic mass is 9.95. The number of fused-ring (bicyclic) bond motifs is 1. The number of nitrogens with one attached hydrogen (secondary N) is 1. The number of carbonyl (C=O) groups is 1. The van der Waals surface area contributed by atoms with Gasteiger partial charge in [-0.05, 0) is 36.4 Å². The van der Waals surface area contributed by atoms with Gasteiger partial charge in [0, 0.05) is 30.1 Å². The average Bonchev–Trinajstić information content (AvgIpc) is 3.35. The topological polar surface area (TPSA) is 88.8 Å². The second-order valence-electron chi connectivity index (χ2n) is 7.37. The van der Waals surface area contributed by atoms with E-state index in [9.17, 15) is 4.79 Å². The summed E-state index contributed by atoms with van der Waals surface area (Å²) in [6, 6.07) is 17.9. The molecule has 1 saturated heterocycles. The second kappa shape index (κ2) is 7.90. The average molecular weight is 399 g/mol. The Labute approximate surface area is 173 Å². The summed E-state index contributed by atoms with van der Waals surface area (Å²) in [5.74, 6) is 1.51. The van der Waals surface area contributed by atoms with Crippen molar-refractivity contribution >= 4 is 28.2 Å². The number of carbonyl (C=O) groups excluding carboxylic acids is 1. The van der Waals surface area contributed by atoms with Crippen molar-refractivity contribution in [2.45, 2.75) is 12.8 Å². The van der Waals surface area contributed by atoms with Crippen LogP contribution in [0.3, 0.4) is 0 Å². The summed E-state index contributed by atoms with van der Waals surface area (Å²) >= 11 is 0. The Morgan fingerprint density at radius 3 is 2.47 bits per heavy atom. The number of anilines is 2. The SMILES string of the molecule is O=C(Nc1cccc2ccccc12)C1CCN(c2ccc(-n3cncn3)nn2)CC1. The first-order chi connectivity index (χ1) is 14.8. The van der Waals surface area contributed by atoms with E-state index in [-0.39, 0.29) is 11.8 Å². The van der Waals surface area contributed by atoms with Crippen LogP contribution in [0.15, 0.2) is 67.3 Å². The number of hydrogen-bond acceptors (Lipinski definition) is 6. The van der Waals surface area contributed by atoms with Crippen LogP contribution in [-0.4, -0.2) is 44.0 Å². The molecule has 0 spiro atoms. The molecule has 150 valence electrons. The molecular weight excluding hydrogens is 378 g/mol. The maximum absolute atomic E-state index is 12.9. The Hall–Kier alpha value is -3.81. The smallest absolute Gasteiger partial charge is 0.227 e. The largest absolute Gasteiger partial charge is 0.355 e. The summed E-state index contributed by atoms with van der Waals surface area (Å²) in [5.41, 5.74) is 0.870. The number of aromatic nitrogens is 5. The van der Waals surface area contributed by atoms with Gasteiger partial charge in [0.05, 0.1) is 0 Å². The summed E-state index contributed by atoms with van der Waals surface area (Å²) in [7, 11) is 0. The van der Waals surface area contributed by atoms with Crippen molar-refractivity contribution < 1.29 is 4.79 Å². The van der Waals surface area contributed by atoms with Gasteiger partial charge < -0.3 is 10.2 Å². The molecule has 0 bridgehead atoms. The van der Waals surface area contributed by atoms with Gasteiger partial charge in [0.2, 0.25) is 5.91 Å². The van der Waals surface area contributed by atoms with Crippen LogP contribution in [0.2, 0.25) is 0 Å². The zero-order chi connectivity index (χ0) is 20.3. The predicted octanol–water partition coefficient (Wildman–Crippen LogP) is 3.07. The molecule has 0 unspecified atom stereocenters. The van der Waals surface area contributed by atoms with E-state index in [2.05, 4.69) is 42.6 Å². The van der Waals surface area contributed by atoms with E-state index in [1.165, 1.54) is 6.33 Å². The molecule has 1 amide bonds. The molecule has 8 heteroatoms. The molecule has 0 aliphatic carbocycles. The third kappa shape index (κ3) is 3.59. The Morgan fingerprint density at radius 2 is 1.70 bits per heavy atom. The van der Waals surface area contributed by atoms with Crippen molar-refractivity contribution in [2.75, 3.05) is 23.3 Å². The number of benzene rings is 2. The molecule has 4 aromatic rings. The van der Waals surface area contributed by atoms with Gasteiger partial charge in [-0.1, -0.05) is 36.4 Å². The lowest BCUT2D eigenvalue weighted by Crippen LogP contribution is -2.38. The van der Waals surface area contributed by atoms with Crippen molar-refractivity contribution in [3.8, 4) is 5.82 Å². The second-order valence-corrected chi connectivity index (χ2v) is 7.37. The van der Waals surface area contributed by atoms with Crippen molar-refractivity contribution in [3.63, 3.8) is 0 Å². The molecule has 1 aliphatic rings. The molecule has 0 radical (unpaired) electrons. The molecule has 0 atom stereocenters. The van der Waals surface area contributed by atoms with Gasteiger partial charge in [-0.2, -0.15) is 5.10 Å². The first kappa shape index (κ1) is 18.2. The highest BCUT2D eigenvalue weighted by Gasteiger charge is 2.26. The Kier molecular flexibility index (Phi) is 4.80. The summed E-state index contributed by atoms with van der Waals surface area (Å²) in [5, 5.41) is 17.9. The van der Waals surface area contributed by atoms with E-state index in [0.29, 0.717) is 5.82 Å². The lowest BCUT2D eigenvalue weighted by molar-refractivity contribution is -0.120. The first-order valence-corrected chi connectivity index (χ1v) is 10.0. The number of piperidine rings is 1. The van der Waals surface area contributed by atoms with Crippen LogP contribution in [-0.2, 0) is 4.79 Å². The van der Waals surface area contributed by atoms with Crippen molar-refractivity contribution in [2.24, 2.45) is 5.92 Å². The van der Waals surface area contributed by atoms with Gasteiger partial charge in [0.25, 0.3) is 0 Å². The highest BCUT2D eigenvalue weighted by molar-refractivity contribution is 6.02. The molecule has 1 fully saturated rings. The monoisotopic (exact) mass is 399 g/mol. The van der Waals surface area contributed by atoms with Gasteiger partial charge in [-0.15, -0.1) is 10.2 Å². The molecular formula is C22H21N7O. The standard InChI is InChI=1S/C22H21N7O/c30-22(25-19-7-3-5-16-4-1-2-6-18(16)19)17-10-12-28(13-11-17)20-8-9-21(27-26-20)29-15-23-14-24-29/h1-9,14-15,17H,10-13H2,(H,25,30). The van der Waals surface area contributed by atoms with E-state index in [0.717, 1.165) is 48.2 Å². The molecule has 2 aromatic heterocycles. The molecule has 2 aromatic carbocycles. The van der Waals surface area contributed by atoms with Crippen LogP contribution in [0.1, 0.15) is 12.8 Å². The lowest BCUT2D eigenvalue weighted by Gasteiger charge is -2.31. The van der Waals surface area contributed by atoms with Gasteiger partial charge in [-0.3, -0.25) is 4.79 Å². The fourth-order valence-corrected chi connectivity index (χ4v) is 3.88. The number of amides is 1. The molecule has 1 N–H and O–H groups in total. The van der Waals surface area contributed by atoms with Crippen LogP contribution in [0.4, 0.5) is 11.5 Å². The van der Waals surface area contributed by atoms with Crippen LogP contribution in [0.25, 0.3) is 16.6 Å². The van der Waals surface area contributed by atoms with Crippen LogP contribution >= 0.6 is 0 Å². The molecule has 0 saturated carbocycles. The minimum atomic E-state index is -0.0115. The third-order valence-electron chi connectivity index (χ3n) is 5.53. The zero-order valence-corrected chi connectivity index (χ0v) is 16.3. The van der Waals surface area contributed by atoms with Crippen LogP contribution in [0, 0.1) is 5.92 Å². The van der Waals surface area contributed by atoms with Crippen molar-refractivity contribution in [1.29, 1.82) is 0 Å². The fourth-order valence-electron chi connectivity index (χ4n) is 3.88. The fraction of sp³-hybridized carbons (Fsp3) is 0.227. The number of nitrogens with zero attached hydrogens (tertiary/aromatic N) is 6. The van der Waals surface area contributed by atoms with E-state index in [4.69, 9.17) is 0 Å². The van der Waals surface area contributed by atoms with Crippen LogP contribution in [0.5, 0.6) is 0 Å². The molecule has 30 heavy (non-hydrogen) atoms. The maximum atomic E-state index is 12.9. The molecule has 1 aliphatic heterocycles. The van der Waals surface area contributed by atoms with Gasteiger partial charge >= 0.3 is 0 Å². The highest BCUT2D eigenvalue weighted by Crippen LogP contribution is 2.26. The maximum Gasteiger partial charge on any atom is 0.227 e. The van der Waals surface area contributed by atoms with Crippen LogP contribution < -0.4 is 10.2 Å². The predicted molar refractivity (Wildman–Crippen MR) is 114 cm³/mol. The van der Waals surface area contributed by atoms with Gasteiger partial charge in [-0.25, -0.2) is 9.67 Å². The van der Waals surface area contributed by atoms with Crippen molar-refractivity contribution in [1.82, 2.24) is 25.0 Å². The minimum absolute atomic E-state index is 0.0115. The molecule has 3 heterocycles. The first-order valence-electron chi connectivity index (χ1n) is 10.0. The summed E-state index contributed by atoms with van der Waals surface area (Å²) in [6.45, 7) is 1.54. The molecule has 8 nitrogen and oxygen atoms in total. The quantitative estimate of drug-likeness (QED) is 0.567. The Balaban J connectivity index is 1.22. The highest BCUT2D eigenvalue weighted by atomic mass is 16.1. The summed E-state index contributed by atoms with van der Waals surface area (Å²) in [4.78, 5) is 18.9. The van der Waals surface area contributed by atoms with Crippen molar-refractivity contribution in [3.05, 3.63) is 67.3 Å². The Bertz CT molecular complexity index is 1140. The number of hydrogen-bond donors (Lipinski definition) is 1. The van der Waals surface area contributed by atoms with E-state index in [1.807, 2.05) is 42.5 Å².